The molecule has 0 atom stereocenters. The number of aromatic amines is 1. The van der Waals surface area contributed by atoms with Gasteiger partial charge in [0.25, 0.3) is 0 Å². The van der Waals surface area contributed by atoms with Crippen LogP contribution in [-0.2, 0) is 0 Å². The van der Waals surface area contributed by atoms with Gasteiger partial charge in [-0.1, -0.05) is 25.4 Å². The second-order valence-electron chi connectivity index (χ2n) is 3.93. The van der Waals surface area contributed by atoms with E-state index < -0.39 is 0 Å². The minimum atomic E-state index is 0.351. The van der Waals surface area contributed by atoms with Gasteiger partial charge in [-0.25, -0.2) is 0 Å². The summed E-state index contributed by atoms with van der Waals surface area (Å²) in [5, 5.41) is 1.65. The predicted octanol–water partition coefficient (Wildman–Crippen LogP) is 3.76. The summed E-state index contributed by atoms with van der Waals surface area (Å²) in [5.41, 5.74) is 2.66. The van der Waals surface area contributed by atoms with Crippen molar-refractivity contribution in [1.29, 1.82) is 0 Å². The Bertz CT molecular complexity index is 514. The van der Waals surface area contributed by atoms with Crippen LogP contribution in [0.3, 0.4) is 0 Å². The Morgan fingerprint density at radius 1 is 1.40 bits per heavy atom. The molecule has 78 valence electrons. The monoisotopic (exact) mass is 221 g/mol. The highest BCUT2D eigenvalue weighted by molar-refractivity contribution is 6.36. The summed E-state index contributed by atoms with van der Waals surface area (Å²) in [7, 11) is 0. The Kier molecular flexibility index (Phi) is 2.53. The maximum Gasteiger partial charge on any atom is 0.150 e. The molecule has 1 heterocycles. The molecule has 2 nitrogen and oxygen atoms in total. The van der Waals surface area contributed by atoms with Crippen LogP contribution in [0.5, 0.6) is 0 Å². The van der Waals surface area contributed by atoms with Crippen LogP contribution in [0.4, 0.5) is 0 Å². The third-order valence-electron chi connectivity index (χ3n) is 2.50. The van der Waals surface area contributed by atoms with E-state index >= 15 is 0 Å². The molecule has 1 aromatic heterocycles. The van der Waals surface area contributed by atoms with Gasteiger partial charge in [0.1, 0.15) is 6.29 Å². The highest BCUT2D eigenvalue weighted by Gasteiger charge is 2.12. The lowest BCUT2D eigenvalue weighted by Crippen LogP contribution is -1.86. The molecular weight excluding hydrogens is 210 g/mol. The number of aldehydes is 1. The molecule has 2 rings (SSSR count). The topological polar surface area (TPSA) is 32.9 Å². The molecule has 0 saturated heterocycles. The van der Waals surface area contributed by atoms with Crippen molar-refractivity contribution in [3.05, 3.63) is 34.5 Å². The molecule has 0 saturated carbocycles. The van der Waals surface area contributed by atoms with E-state index in [0.717, 1.165) is 27.9 Å². The molecule has 0 aliphatic heterocycles. The minimum absolute atomic E-state index is 0.351. The van der Waals surface area contributed by atoms with Crippen LogP contribution < -0.4 is 0 Å². The molecule has 1 N–H and O–H groups in total. The van der Waals surface area contributed by atoms with Gasteiger partial charge < -0.3 is 4.98 Å². The Labute approximate surface area is 93.2 Å². The summed E-state index contributed by atoms with van der Waals surface area (Å²) in [4.78, 5) is 13.9. The van der Waals surface area contributed by atoms with Gasteiger partial charge in [-0.15, -0.1) is 0 Å². The lowest BCUT2D eigenvalue weighted by atomic mass is 10.1. The van der Waals surface area contributed by atoms with Crippen LogP contribution in [0.25, 0.3) is 10.9 Å². The van der Waals surface area contributed by atoms with Crippen LogP contribution in [0.15, 0.2) is 18.2 Å². The number of fused-ring (bicyclic) bond motifs is 1. The molecule has 3 heteroatoms. The molecule has 2 aromatic rings. The van der Waals surface area contributed by atoms with Crippen molar-refractivity contribution in [2.75, 3.05) is 0 Å². The van der Waals surface area contributed by atoms with Crippen molar-refractivity contribution in [2.24, 2.45) is 0 Å². The second kappa shape index (κ2) is 3.70. The first-order valence-corrected chi connectivity index (χ1v) is 5.27. The van der Waals surface area contributed by atoms with Crippen molar-refractivity contribution in [2.45, 2.75) is 19.8 Å². The molecule has 1 aromatic carbocycles. The summed E-state index contributed by atoms with van der Waals surface area (Å²) in [6, 6.07) is 5.48. The lowest BCUT2D eigenvalue weighted by Gasteiger charge is -2.00. The number of hydrogen-bond donors (Lipinski definition) is 1. The summed E-state index contributed by atoms with van der Waals surface area (Å²) >= 11 is 6.23. The zero-order valence-corrected chi connectivity index (χ0v) is 9.43. The smallest absolute Gasteiger partial charge is 0.150 e. The van der Waals surface area contributed by atoms with Gasteiger partial charge in [0.05, 0.1) is 5.02 Å². The van der Waals surface area contributed by atoms with E-state index in [2.05, 4.69) is 18.8 Å². The fourth-order valence-corrected chi connectivity index (χ4v) is 2.09. The number of benzene rings is 1. The van der Waals surface area contributed by atoms with E-state index in [1.165, 1.54) is 0 Å². The third-order valence-corrected chi connectivity index (χ3v) is 2.91. The van der Waals surface area contributed by atoms with Gasteiger partial charge in [-0.3, -0.25) is 4.79 Å². The number of carbonyl (C=O) groups is 1. The Balaban J connectivity index is 2.71. The maximum atomic E-state index is 10.6. The standard InChI is InChI=1S/C12H12ClNO/c1-7(2)12-11(13)9-5-8(6-15)3-4-10(9)14-12/h3-7,14H,1-2H3. The van der Waals surface area contributed by atoms with Crippen molar-refractivity contribution >= 4 is 28.8 Å². The third kappa shape index (κ3) is 1.65. The number of carbonyl (C=O) groups excluding carboxylic acids is 1. The Morgan fingerprint density at radius 2 is 2.13 bits per heavy atom. The minimum Gasteiger partial charge on any atom is -0.357 e. The first-order valence-electron chi connectivity index (χ1n) is 4.89. The van der Waals surface area contributed by atoms with Gasteiger partial charge in [0, 0.05) is 22.2 Å². The molecule has 0 radical (unpaired) electrons. The molecule has 0 spiro atoms. The predicted molar refractivity (Wildman–Crippen MR) is 62.8 cm³/mol. The van der Waals surface area contributed by atoms with Crippen molar-refractivity contribution < 1.29 is 4.79 Å². The van der Waals surface area contributed by atoms with Crippen LogP contribution in [-0.4, -0.2) is 11.3 Å². The molecule has 0 unspecified atom stereocenters. The van der Waals surface area contributed by atoms with Crippen LogP contribution >= 0.6 is 11.6 Å². The molecule has 0 aliphatic carbocycles. The highest BCUT2D eigenvalue weighted by Crippen LogP contribution is 2.32. The zero-order chi connectivity index (χ0) is 11.0. The maximum absolute atomic E-state index is 10.6. The van der Waals surface area contributed by atoms with Crippen LogP contribution in [0, 0.1) is 0 Å². The van der Waals surface area contributed by atoms with Gasteiger partial charge in [-0.05, 0) is 24.1 Å². The molecule has 15 heavy (non-hydrogen) atoms. The average molecular weight is 222 g/mol. The van der Waals surface area contributed by atoms with Crippen molar-refractivity contribution in [1.82, 2.24) is 4.98 Å². The fourth-order valence-electron chi connectivity index (χ4n) is 1.67. The van der Waals surface area contributed by atoms with Crippen LogP contribution in [0.1, 0.15) is 35.8 Å². The number of H-pyrrole nitrogens is 1. The highest BCUT2D eigenvalue weighted by atomic mass is 35.5. The fraction of sp³-hybridized carbons (Fsp3) is 0.250. The van der Waals surface area contributed by atoms with E-state index in [-0.39, 0.29) is 0 Å². The summed E-state index contributed by atoms with van der Waals surface area (Å²) in [5.74, 6) is 0.351. The van der Waals surface area contributed by atoms with E-state index in [4.69, 9.17) is 11.6 Å². The first-order chi connectivity index (χ1) is 7.13. The number of nitrogens with one attached hydrogen (secondary N) is 1. The van der Waals surface area contributed by atoms with Gasteiger partial charge in [0.15, 0.2) is 0 Å². The zero-order valence-electron chi connectivity index (χ0n) is 8.67. The van der Waals surface area contributed by atoms with Gasteiger partial charge >= 0.3 is 0 Å². The number of aromatic nitrogens is 1. The van der Waals surface area contributed by atoms with E-state index in [0.29, 0.717) is 11.5 Å². The summed E-state index contributed by atoms with van der Waals surface area (Å²) in [6.45, 7) is 4.16. The lowest BCUT2D eigenvalue weighted by molar-refractivity contribution is 0.112. The van der Waals surface area contributed by atoms with E-state index in [9.17, 15) is 4.79 Å². The average Bonchev–Trinajstić information content (AvgIpc) is 2.56. The van der Waals surface area contributed by atoms with Crippen molar-refractivity contribution in [3.8, 4) is 0 Å². The van der Waals surface area contributed by atoms with Crippen LogP contribution in [0.2, 0.25) is 5.02 Å². The molecule has 0 bridgehead atoms. The normalized spacial score (nSPS) is 11.2. The van der Waals surface area contributed by atoms with E-state index in [1.807, 2.05) is 12.1 Å². The van der Waals surface area contributed by atoms with Gasteiger partial charge in [0.2, 0.25) is 0 Å². The summed E-state index contributed by atoms with van der Waals surface area (Å²) in [6.07, 6.45) is 0.831. The van der Waals surface area contributed by atoms with Crippen molar-refractivity contribution in [3.63, 3.8) is 0 Å². The Hall–Kier alpha value is -1.28. The quantitative estimate of drug-likeness (QED) is 0.770. The van der Waals surface area contributed by atoms with Gasteiger partial charge in [-0.2, -0.15) is 0 Å². The molecular formula is C12H12ClNO. The largest absolute Gasteiger partial charge is 0.357 e. The number of hydrogen-bond acceptors (Lipinski definition) is 1. The number of rotatable bonds is 2. The molecule has 0 amide bonds. The molecule has 0 aliphatic rings. The Morgan fingerprint density at radius 3 is 2.73 bits per heavy atom. The number of halogens is 1. The second-order valence-corrected chi connectivity index (χ2v) is 4.31. The molecule has 0 fully saturated rings. The summed E-state index contributed by atoms with van der Waals surface area (Å²) < 4.78 is 0. The SMILES string of the molecule is CC(C)c1[nH]c2ccc(C=O)cc2c1Cl. The first kappa shape index (κ1) is 10.2. The van der Waals surface area contributed by atoms with E-state index in [1.54, 1.807) is 6.07 Å².